The molecule has 0 spiro atoms. The Kier molecular flexibility index (Phi) is 4.40. The normalized spacial score (nSPS) is 13.5. The summed E-state index contributed by atoms with van der Waals surface area (Å²) >= 11 is 5.32. The van der Waals surface area contributed by atoms with Gasteiger partial charge in [0.15, 0.2) is 5.11 Å². The van der Waals surface area contributed by atoms with E-state index in [4.69, 9.17) is 12.2 Å². The molecule has 0 bridgehead atoms. The first kappa shape index (κ1) is 16.1. The lowest BCUT2D eigenvalue weighted by Gasteiger charge is -2.12. The molecule has 0 fully saturated rings. The van der Waals surface area contributed by atoms with Gasteiger partial charge in [0, 0.05) is 28.8 Å². The Morgan fingerprint density at radius 1 is 1.08 bits per heavy atom. The second kappa shape index (κ2) is 6.84. The van der Waals surface area contributed by atoms with Gasteiger partial charge in [0.25, 0.3) is 0 Å². The van der Waals surface area contributed by atoms with Crippen molar-refractivity contribution in [2.24, 2.45) is 0 Å². The highest BCUT2D eigenvalue weighted by Gasteiger charge is 2.15. The Labute approximate surface area is 151 Å². The molecule has 0 saturated heterocycles. The molecule has 1 heterocycles. The molecule has 5 heteroatoms. The molecule has 0 radical (unpaired) electrons. The third kappa shape index (κ3) is 3.51. The van der Waals surface area contributed by atoms with E-state index in [-0.39, 0.29) is 5.82 Å². The molecule has 4 rings (SSSR count). The van der Waals surface area contributed by atoms with Crippen molar-refractivity contribution < 1.29 is 4.39 Å². The average Bonchev–Trinajstić information content (AvgIpc) is 3.00. The molecule has 0 atom stereocenters. The number of halogens is 1. The summed E-state index contributed by atoms with van der Waals surface area (Å²) in [5, 5.41) is 8.15. The zero-order valence-corrected chi connectivity index (χ0v) is 14.7. The van der Waals surface area contributed by atoms with Gasteiger partial charge in [-0.2, -0.15) is 0 Å². The minimum Gasteiger partial charge on any atom is -0.358 e. The summed E-state index contributed by atoms with van der Waals surface area (Å²) in [4.78, 5) is 3.56. The second-order valence-electron chi connectivity index (χ2n) is 6.48. The Morgan fingerprint density at radius 3 is 2.72 bits per heavy atom. The number of hydrogen-bond acceptors (Lipinski definition) is 1. The Balaban J connectivity index is 1.43. The van der Waals surface area contributed by atoms with Gasteiger partial charge >= 0.3 is 0 Å². The molecule has 0 amide bonds. The summed E-state index contributed by atoms with van der Waals surface area (Å²) in [7, 11) is 0. The lowest BCUT2D eigenvalue weighted by Crippen LogP contribution is -2.27. The largest absolute Gasteiger partial charge is 0.358 e. The van der Waals surface area contributed by atoms with Gasteiger partial charge in [-0.25, -0.2) is 4.39 Å². The number of benzene rings is 2. The monoisotopic (exact) mass is 353 g/mol. The number of hydrogen-bond donors (Lipinski definition) is 3. The number of aryl methyl sites for hydroxylation is 2. The van der Waals surface area contributed by atoms with Gasteiger partial charge in [0.2, 0.25) is 0 Å². The van der Waals surface area contributed by atoms with Crippen LogP contribution in [0.25, 0.3) is 10.9 Å². The fraction of sp³-hybridized carbons (Fsp3) is 0.250. The van der Waals surface area contributed by atoms with Crippen molar-refractivity contribution in [3.05, 3.63) is 65.1 Å². The van der Waals surface area contributed by atoms with Crippen LogP contribution in [-0.4, -0.2) is 10.1 Å². The molecule has 1 aliphatic carbocycles. The van der Waals surface area contributed by atoms with Gasteiger partial charge in [0.05, 0.1) is 0 Å². The van der Waals surface area contributed by atoms with Crippen molar-refractivity contribution in [1.82, 2.24) is 10.3 Å². The molecule has 0 saturated carbocycles. The molecule has 3 nitrogen and oxygen atoms in total. The van der Waals surface area contributed by atoms with E-state index < -0.39 is 0 Å². The van der Waals surface area contributed by atoms with Gasteiger partial charge < -0.3 is 15.6 Å². The van der Waals surface area contributed by atoms with E-state index in [1.54, 1.807) is 12.1 Å². The predicted octanol–water partition coefficient (Wildman–Crippen LogP) is 4.67. The van der Waals surface area contributed by atoms with Crippen LogP contribution in [0.3, 0.4) is 0 Å². The lowest BCUT2D eigenvalue weighted by atomic mass is 9.95. The van der Waals surface area contributed by atoms with Crippen molar-refractivity contribution in [2.75, 3.05) is 5.32 Å². The minimum absolute atomic E-state index is 0.257. The molecule has 1 aliphatic rings. The van der Waals surface area contributed by atoms with Crippen LogP contribution in [0.4, 0.5) is 10.1 Å². The Hall–Kier alpha value is -2.40. The summed E-state index contributed by atoms with van der Waals surface area (Å²) in [5.74, 6) is -0.257. The SMILES string of the molecule is Fc1ccc(NC(=S)NCc2ccc3[nH]c4c(c3c2)CCCC4)cc1. The summed E-state index contributed by atoms with van der Waals surface area (Å²) in [5.41, 5.74) is 6.08. The number of anilines is 1. The smallest absolute Gasteiger partial charge is 0.171 e. The van der Waals surface area contributed by atoms with E-state index in [1.807, 2.05) is 0 Å². The van der Waals surface area contributed by atoms with E-state index in [9.17, 15) is 4.39 Å². The van der Waals surface area contributed by atoms with E-state index in [0.29, 0.717) is 11.7 Å². The highest BCUT2D eigenvalue weighted by atomic mass is 32.1. The van der Waals surface area contributed by atoms with Crippen molar-refractivity contribution in [2.45, 2.75) is 32.2 Å². The lowest BCUT2D eigenvalue weighted by molar-refractivity contribution is 0.628. The second-order valence-corrected chi connectivity index (χ2v) is 6.89. The molecule has 3 aromatic rings. The van der Waals surface area contributed by atoms with E-state index in [1.165, 1.54) is 52.7 Å². The van der Waals surface area contributed by atoms with Crippen molar-refractivity contribution in [3.8, 4) is 0 Å². The fourth-order valence-corrected chi connectivity index (χ4v) is 3.64. The first-order valence-electron chi connectivity index (χ1n) is 8.62. The number of rotatable bonds is 3. The molecule has 1 aromatic heterocycles. The van der Waals surface area contributed by atoms with Gasteiger partial charge in [-0.05, 0) is 85.4 Å². The maximum Gasteiger partial charge on any atom is 0.171 e. The Bertz CT molecular complexity index is 915. The third-order valence-corrected chi connectivity index (χ3v) is 4.96. The highest BCUT2D eigenvalue weighted by molar-refractivity contribution is 7.80. The zero-order chi connectivity index (χ0) is 17.2. The zero-order valence-electron chi connectivity index (χ0n) is 13.9. The van der Waals surface area contributed by atoms with E-state index in [2.05, 4.69) is 33.8 Å². The van der Waals surface area contributed by atoms with E-state index in [0.717, 1.165) is 18.5 Å². The molecule has 3 N–H and O–H groups in total. The van der Waals surface area contributed by atoms with E-state index >= 15 is 0 Å². The number of fused-ring (bicyclic) bond motifs is 3. The van der Waals surface area contributed by atoms with Crippen LogP contribution in [-0.2, 0) is 19.4 Å². The maximum absolute atomic E-state index is 12.9. The van der Waals surface area contributed by atoms with Crippen LogP contribution in [0.15, 0.2) is 42.5 Å². The standard InChI is InChI=1S/C20H20FN3S/c21-14-6-8-15(9-7-14)23-20(25)22-12-13-5-10-19-17(11-13)16-3-1-2-4-18(16)24-19/h5-11,24H,1-4,12H2,(H2,22,23,25). The summed E-state index contributed by atoms with van der Waals surface area (Å²) in [6, 6.07) is 12.7. The number of aromatic amines is 1. The van der Waals surface area contributed by atoms with Gasteiger partial charge in [-0.15, -0.1) is 0 Å². The minimum atomic E-state index is -0.257. The van der Waals surface area contributed by atoms with Crippen LogP contribution in [0.1, 0.15) is 29.7 Å². The first-order valence-corrected chi connectivity index (χ1v) is 9.02. The fourth-order valence-electron chi connectivity index (χ4n) is 3.45. The van der Waals surface area contributed by atoms with Gasteiger partial charge in [-0.3, -0.25) is 0 Å². The van der Waals surface area contributed by atoms with Crippen molar-refractivity contribution in [3.63, 3.8) is 0 Å². The van der Waals surface area contributed by atoms with Crippen molar-refractivity contribution in [1.29, 1.82) is 0 Å². The van der Waals surface area contributed by atoms with Crippen LogP contribution >= 0.6 is 12.2 Å². The number of H-pyrrole nitrogens is 1. The van der Waals surface area contributed by atoms with Crippen molar-refractivity contribution >= 4 is 33.9 Å². The summed E-state index contributed by atoms with van der Waals surface area (Å²) < 4.78 is 12.9. The number of nitrogens with one attached hydrogen (secondary N) is 3. The number of aromatic nitrogens is 1. The summed E-state index contributed by atoms with van der Waals surface area (Å²) in [6.45, 7) is 0.656. The quantitative estimate of drug-likeness (QED) is 0.599. The van der Waals surface area contributed by atoms with Gasteiger partial charge in [0.1, 0.15) is 5.82 Å². The maximum atomic E-state index is 12.9. The molecule has 0 aliphatic heterocycles. The highest BCUT2D eigenvalue weighted by Crippen LogP contribution is 2.29. The first-order chi connectivity index (χ1) is 12.2. The van der Waals surface area contributed by atoms with Crippen LogP contribution in [0.5, 0.6) is 0 Å². The number of thiocarbonyl (C=S) groups is 1. The molecule has 2 aromatic carbocycles. The molecular formula is C20H20FN3S. The average molecular weight is 353 g/mol. The van der Waals surface area contributed by atoms with Crippen LogP contribution in [0.2, 0.25) is 0 Å². The summed E-state index contributed by atoms with van der Waals surface area (Å²) in [6.07, 6.45) is 4.87. The molecule has 0 unspecified atom stereocenters. The van der Waals surface area contributed by atoms with Crippen LogP contribution < -0.4 is 10.6 Å². The molecule has 25 heavy (non-hydrogen) atoms. The van der Waals surface area contributed by atoms with Gasteiger partial charge in [-0.1, -0.05) is 6.07 Å². The molecular weight excluding hydrogens is 333 g/mol. The topological polar surface area (TPSA) is 39.8 Å². The van der Waals surface area contributed by atoms with Crippen LogP contribution in [0, 0.1) is 5.82 Å². The Morgan fingerprint density at radius 2 is 1.88 bits per heavy atom. The third-order valence-electron chi connectivity index (χ3n) is 4.72. The predicted molar refractivity (Wildman–Crippen MR) is 104 cm³/mol. The molecule has 128 valence electrons.